The van der Waals surface area contributed by atoms with Crippen LogP contribution < -0.4 is 0 Å². The average Bonchev–Trinajstić information content (AvgIpc) is 3.35. The van der Waals surface area contributed by atoms with E-state index in [9.17, 15) is 9.90 Å². The summed E-state index contributed by atoms with van der Waals surface area (Å²) >= 11 is 0. The van der Waals surface area contributed by atoms with Crippen LogP contribution >= 0.6 is 0 Å². The van der Waals surface area contributed by atoms with Crippen LogP contribution in [0.4, 0.5) is 0 Å². The second-order valence-electron chi connectivity index (χ2n) is 16.2. The van der Waals surface area contributed by atoms with Crippen molar-refractivity contribution in [1.82, 2.24) is 0 Å². The van der Waals surface area contributed by atoms with Gasteiger partial charge in [-0.25, -0.2) is 4.79 Å². The predicted octanol–water partition coefficient (Wildman–Crippen LogP) is 8.62. The minimum atomic E-state index is -1.58. The smallest absolute Gasteiger partial charge is 0.338 e. The fourth-order valence-electron chi connectivity index (χ4n) is 8.05. The molecule has 10 atom stereocenters. The Labute approximate surface area is 380 Å². The van der Waals surface area contributed by atoms with E-state index in [-0.39, 0.29) is 33.0 Å². The van der Waals surface area contributed by atoms with E-state index in [4.69, 9.17) is 42.6 Å². The fraction of sp³-hybridized carbons (Fsp3) is 0.315. The Kier molecular flexibility index (Phi) is 16.7. The average molecular weight is 881 g/mol. The molecule has 65 heavy (non-hydrogen) atoms. The van der Waals surface area contributed by atoms with Crippen LogP contribution in [0.2, 0.25) is 0 Å². The lowest BCUT2D eigenvalue weighted by atomic mass is 9.96. The van der Waals surface area contributed by atoms with Crippen LogP contribution in [0.3, 0.4) is 0 Å². The van der Waals surface area contributed by atoms with Gasteiger partial charge in [0.15, 0.2) is 18.7 Å². The number of esters is 1. The van der Waals surface area contributed by atoms with Gasteiger partial charge in [0.25, 0.3) is 0 Å². The molecule has 0 saturated carbocycles. The number of carbonyl (C=O) groups is 1. The zero-order chi connectivity index (χ0) is 44.6. The van der Waals surface area contributed by atoms with Crippen LogP contribution in [0.15, 0.2) is 182 Å². The minimum Gasteiger partial charge on any atom is -0.450 e. The molecule has 0 aromatic heterocycles. The molecule has 11 nitrogen and oxygen atoms in total. The second-order valence-corrected chi connectivity index (χ2v) is 16.2. The maximum atomic E-state index is 13.8. The Balaban J connectivity index is 1.18. The maximum absolute atomic E-state index is 13.8. The van der Waals surface area contributed by atoms with E-state index < -0.39 is 67.4 Å². The molecule has 0 unspecified atom stereocenters. The molecule has 2 aliphatic heterocycles. The molecule has 338 valence electrons. The summed E-state index contributed by atoms with van der Waals surface area (Å²) in [4.78, 5) is 13.8. The zero-order valence-electron chi connectivity index (χ0n) is 36.4. The lowest BCUT2D eigenvalue weighted by Crippen LogP contribution is -2.66. The first-order valence-electron chi connectivity index (χ1n) is 22.1. The number of hydrogen-bond acceptors (Lipinski definition) is 11. The SMILES string of the molecule is C[C@@H]1O[C@H](O)[C@H](OC(=O)c2ccccc2)[C@H](O[C@H]2O[C@H](COCc3ccccc3)[C@@H](OCc3ccccc3)[C@H](OCc3ccccc3)[C@H]2OCc2ccccc2)[C@H]1OCc1ccccc1. The monoisotopic (exact) mass is 880 g/mol. The van der Waals surface area contributed by atoms with Crippen molar-refractivity contribution in [2.24, 2.45) is 0 Å². The molecular formula is C54H56O11. The van der Waals surface area contributed by atoms with Crippen LogP contribution in [0, 0.1) is 0 Å². The van der Waals surface area contributed by atoms with Gasteiger partial charge in [0, 0.05) is 0 Å². The quantitative estimate of drug-likeness (QED) is 0.0743. The zero-order valence-corrected chi connectivity index (χ0v) is 36.4. The van der Waals surface area contributed by atoms with E-state index in [1.54, 1.807) is 37.3 Å². The Morgan fingerprint density at radius 3 is 1.34 bits per heavy atom. The standard InChI is InChI=1S/C54H56O11/c1-38-46(58-33-40-22-10-3-11-23-40)49(50(53(56)62-38)64-52(55)44-30-18-7-19-31-44)65-54-51(61-36-43-28-16-6-17-29-43)48(60-35-42-26-14-5-15-27-42)47(59-34-41-24-12-4-13-25-41)45(63-54)37-57-32-39-20-8-2-9-21-39/h2-31,38,45-51,53-54,56H,32-37H2,1H3/t38-,45+,46-,47+,48-,49+,50+,51+,53-,54+/m0/s1. The Morgan fingerprint density at radius 2 is 0.862 bits per heavy atom. The molecule has 2 fully saturated rings. The Hall–Kier alpha value is -5.57. The molecule has 0 aliphatic carbocycles. The fourth-order valence-corrected chi connectivity index (χ4v) is 8.05. The van der Waals surface area contributed by atoms with Crippen molar-refractivity contribution >= 4 is 5.97 Å². The third-order valence-corrected chi connectivity index (χ3v) is 11.4. The van der Waals surface area contributed by atoms with Crippen molar-refractivity contribution in [1.29, 1.82) is 0 Å². The topological polar surface area (TPSA) is 120 Å². The molecule has 0 spiro atoms. The molecule has 8 rings (SSSR count). The Morgan fingerprint density at radius 1 is 0.462 bits per heavy atom. The normalized spacial score (nSPS) is 25.4. The summed E-state index contributed by atoms with van der Waals surface area (Å²) in [5.41, 5.74) is 5.01. The molecule has 2 heterocycles. The number of benzene rings is 6. The lowest BCUT2D eigenvalue weighted by molar-refractivity contribution is -0.368. The highest BCUT2D eigenvalue weighted by Gasteiger charge is 2.54. The summed E-state index contributed by atoms with van der Waals surface area (Å²) in [5, 5.41) is 11.6. The first-order chi connectivity index (χ1) is 32.0. The van der Waals surface area contributed by atoms with Crippen LogP contribution in [-0.2, 0) is 75.7 Å². The number of aliphatic hydroxyl groups is 1. The molecule has 0 radical (unpaired) electrons. The van der Waals surface area contributed by atoms with Gasteiger partial charge in [-0.3, -0.25) is 0 Å². The van der Waals surface area contributed by atoms with E-state index in [0.717, 1.165) is 27.8 Å². The van der Waals surface area contributed by atoms with Gasteiger partial charge in [0.05, 0.1) is 51.3 Å². The maximum Gasteiger partial charge on any atom is 0.338 e. The summed E-state index contributed by atoms with van der Waals surface area (Å²) in [6.07, 6.45) is -10.1. The first kappa shape index (κ1) is 46.0. The van der Waals surface area contributed by atoms with E-state index in [1.165, 1.54) is 0 Å². The van der Waals surface area contributed by atoms with Crippen LogP contribution in [-0.4, -0.2) is 79.1 Å². The van der Waals surface area contributed by atoms with E-state index in [0.29, 0.717) is 12.2 Å². The summed E-state index contributed by atoms with van der Waals surface area (Å²) in [6.45, 7) is 3.03. The van der Waals surface area contributed by atoms with Crippen molar-refractivity contribution < 1.29 is 52.5 Å². The highest BCUT2D eigenvalue weighted by molar-refractivity contribution is 5.89. The Bertz CT molecular complexity index is 2270. The number of hydrogen-bond donors (Lipinski definition) is 1. The number of carbonyl (C=O) groups excluding carboxylic acids is 1. The van der Waals surface area contributed by atoms with Crippen LogP contribution in [0.1, 0.15) is 45.1 Å². The third kappa shape index (κ3) is 12.8. The second kappa shape index (κ2) is 23.6. The summed E-state index contributed by atoms with van der Waals surface area (Å²) in [5.74, 6) is -0.671. The molecule has 2 saturated heterocycles. The van der Waals surface area contributed by atoms with Crippen molar-refractivity contribution in [3.05, 3.63) is 215 Å². The molecular weight excluding hydrogens is 825 g/mol. The molecule has 6 aromatic carbocycles. The van der Waals surface area contributed by atoms with Gasteiger partial charge in [0.1, 0.15) is 36.6 Å². The third-order valence-electron chi connectivity index (χ3n) is 11.4. The molecule has 6 aromatic rings. The summed E-state index contributed by atoms with van der Waals surface area (Å²) < 4.78 is 60.1. The predicted molar refractivity (Wildman–Crippen MR) is 242 cm³/mol. The van der Waals surface area contributed by atoms with Gasteiger partial charge in [-0.1, -0.05) is 170 Å². The largest absolute Gasteiger partial charge is 0.450 e. The van der Waals surface area contributed by atoms with E-state index in [2.05, 4.69) is 0 Å². The van der Waals surface area contributed by atoms with Gasteiger partial charge >= 0.3 is 5.97 Å². The van der Waals surface area contributed by atoms with E-state index >= 15 is 0 Å². The molecule has 11 heteroatoms. The van der Waals surface area contributed by atoms with Crippen molar-refractivity contribution in [2.45, 2.75) is 101 Å². The highest BCUT2D eigenvalue weighted by atomic mass is 16.7. The first-order valence-corrected chi connectivity index (χ1v) is 22.1. The molecule has 0 bridgehead atoms. The minimum absolute atomic E-state index is 0.0952. The van der Waals surface area contributed by atoms with Crippen LogP contribution in [0.25, 0.3) is 0 Å². The summed E-state index contributed by atoms with van der Waals surface area (Å²) in [6, 6.07) is 57.7. The van der Waals surface area contributed by atoms with E-state index in [1.807, 2.05) is 152 Å². The van der Waals surface area contributed by atoms with Crippen LogP contribution in [0.5, 0.6) is 0 Å². The lowest BCUT2D eigenvalue weighted by Gasteiger charge is -2.49. The number of ether oxygens (including phenoxy) is 9. The highest BCUT2D eigenvalue weighted by Crippen LogP contribution is 2.36. The molecule has 2 aliphatic rings. The van der Waals surface area contributed by atoms with Crippen molar-refractivity contribution in [2.75, 3.05) is 6.61 Å². The van der Waals surface area contributed by atoms with Crippen molar-refractivity contribution in [3.8, 4) is 0 Å². The molecule has 1 N–H and O–H groups in total. The van der Waals surface area contributed by atoms with Gasteiger partial charge < -0.3 is 47.7 Å². The molecule has 0 amide bonds. The van der Waals surface area contributed by atoms with Gasteiger partial charge in [-0.2, -0.15) is 0 Å². The number of rotatable bonds is 20. The summed E-state index contributed by atoms with van der Waals surface area (Å²) in [7, 11) is 0. The van der Waals surface area contributed by atoms with Gasteiger partial charge in [-0.05, 0) is 46.9 Å². The van der Waals surface area contributed by atoms with Crippen molar-refractivity contribution in [3.63, 3.8) is 0 Å². The van der Waals surface area contributed by atoms with Gasteiger partial charge in [-0.15, -0.1) is 0 Å². The number of aliphatic hydroxyl groups excluding tert-OH is 1. The van der Waals surface area contributed by atoms with Gasteiger partial charge in [0.2, 0.25) is 0 Å².